The Morgan fingerprint density at radius 2 is 2.21 bits per heavy atom. The number of aryl methyl sites for hydroxylation is 1. The van der Waals surface area contributed by atoms with Gasteiger partial charge in [-0.05, 0) is 30.2 Å². The number of alkyl halides is 1. The molecule has 0 saturated heterocycles. The molecule has 19 heavy (non-hydrogen) atoms. The van der Waals surface area contributed by atoms with Crippen LogP contribution >= 0.6 is 27.5 Å². The summed E-state index contributed by atoms with van der Waals surface area (Å²) in [6, 6.07) is 5.74. The van der Waals surface area contributed by atoms with Gasteiger partial charge in [0.15, 0.2) is 0 Å². The Kier molecular flexibility index (Phi) is 3.15. The van der Waals surface area contributed by atoms with Crippen molar-refractivity contribution in [3.05, 3.63) is 51.9 Å². The van der Waals surface area contributed by atoms with Crippen molar-refractivity contribution in [2.45, 2.75) is 18.2 Å². The number of carbonyl (C=O) groups is 1. The molecule has 2 aromatic rings. The molecule has 3 nitrogen and oxygen atoms in total. The fourth-order valence-corrected chi connectivity index (χ4v) is 3.26. The first-order valence-electron chi connectivity index (χ1n) is 5.86. The zero-order chi connectivity index (χ0) is 13.6. The van der Waals surface area contributed by atoms with E-state index in [1.165, 1.54) is 0 Å². The van der Waals surface area contributed by atoms with Crippen molar-refractivity contribution in [3.63, 3.8) is 0 Å². The number of fused-ring (bicyclic) bond motifs is 1. The summed E-state index contributed by atoms with van der Waals surface area (Å²) in [6.45, 7) is 1.90. The third kappa shape index (κ3) is 2.30. The van der Waals surface area contributed by atoms with E-state index in [-0.39, 0.29) is 10.7 Å². The van der Waals surface area contributed by atoms with Gasteiger partial charge in [-0.3, -0.25) is 4.79 Å². The van der Waals surface area contributed by atoms with Crippen molar-refractivity contribution in [1.29, 1.82) is 0 Å². The molecule has 1 unspecified atom stereocenters. The number of halogens is 2. The first kappa shape index (κ1) is 12.8. The molecule has 0 radical (unpaired) electrons. The van der Waals surface area contributed by atoms with Crippen molar-refractivity contribution >= 4 is 39.1 Å². The summed E-state index contributed by atoms with van der Waals surface area (Å²) in [5, 5.41) is 3.42. The fraction of sp³-hybridized carbons (Fsp3) is 0.214. The maximum atomic E-state index is 11.4. The van der Waals surface area contributed by atoms with Gasteiger partial charge in [-0.2, -0.15) is 0 Å². The van der Waals surface area contributed by atoms with E-state index < -0.39 is 0 Å². The lowest BCUT2D eigenvalue weighted by molar-refractivity contribution is -0.115. The Bertz CT molecular complexity index is 665. The molecule has 0 spiro atoms. The van der Waals surface area contributed by atoms with E-state index in [4.69, 9.17) is 16.0 Å². The van der Waals surface area contributed by atoms with Gasteiger partial charge in [0.2, 0.25) is 5.91 Å². The Morgan fingerprint density at radius 3 is 2.89 bits per heavy atom. The van der Waals surface area contributed by atoms with Gasteiger partial charge >= 0.3 is 0 Å². The highest BCUT2D eigenvalue weighted by Gasteiger charge is 2.23. The number of nitrogens with one attached hydrogen (secondary N) is 1. The van der Waals surface area contributed by atoms with Gasteiger partial charge in [-0.1, -0.05) is 33.6 Å². The van der Waals surface area contributed by atoms with Gasteiger partial charge in [0, 0.05) is 16.3 Å². The van der Waals surface area contributed by atoms with Crippen LogP contribution in [0.25, 0.3) is 0 Å². The minimum absolute atomic E-state index is 0.00787. The molecule has 1 atom stereocenters. The van der Waals surface area contributed by atoms with Gasteiger partial charge < -0.3 is 9.73 Å². The average Bonchev–Trinajstić information content (AvgIpc) is 2.92. The summed E-state index contributed by atoms with van der Waals surface area (Å²) < 4.78 is 5.32. The smallest absolute Gasteiger partial charge is 0.228 e. The standard InChI is InChI=1S/C14H11BrClNO2/c1-7-2-9(6-19-7)14(15)10-3-8-4-13(18)17-12(8)5-11(10)16/h2-3,5-6,14H,4H2,1H3,(H,17,18). The van der Waals surface area contributed by atoms with Gasteiger partial charge in [-0.15, -0.1) is 0 Å². The van der Waals surface area contributed by atoms with Crippen LogP contribution in [-0.4, -0.2) is 5.91 Å². The number of furan rings is 1. The maximum Gasteiger partial charge on any atom is 0.228 e. The number of hydrogen-bond acceptors (Lipinski definition) is 2. The van der Waals surface area contributed by atoms with E-state index in [2.05, 4.69) is 21.2 Å². The number of carbonyl (C=O) groups excluding carboxylic acids is 1. The molecule has 98 valence electrons. The van der Waals surface area contributed by atoms with Gasteiger partial charge in [0.1, 0.15) is 5.76 Å². The van der Waals surface area contributed by atoms with Crippen molar-refractivity contribution in [2.24, 2.45) is 0 Å². The second-order valence-corrected chi connectivity index (χ2v) is 5.93. The maximum absolute atomic E-state index is 11.4. The molecule has 1 aliphatic heterocycles. The number of hydrogen-bond donors (Lipinski definition) is 1. The summed E-state index contributed by atoms with van der Waals surface area (Å²) in [4.78, 5) is 11.3. The van der Waals surface area contributed by atoms with E-state index in [1.807, 2.05) is 19.1 Å². The average molecular weight is 341 g/mol. The van der Waals surface area contributed by atoms with Gasteiger partial charge in [0.05, 0.1) is 17.5 Å². The monoisotopic (exact) mass is 339 g/mol. The van der Waals surface area contributed by atoms with Gasteiger partial charge in [0.25, 0.3) is 0 Å². The molecule has 5 heteroatoms. The molecule has 1 amide bonds. The second kappa shape index (κ2) is 4.69. The molecule has 1 aliphatic rings. The summed E-state index contributed by atoms with van der Waals surface area (Å²) in [5.41, 5.74) is 3.74. The van der Waals surface area contributed by atoms with Crippen LogP contribution in [-0.2, 0) is 11.2 Å². The molecule has 1 N–H and O–H groups in total. The molecule has 0 fully saturated rings. The summed E-state index contributed by atoms with van der Waals surface area (Å²) in [7, 11) is 0. The molecule has 0 aliphatic carbocycles. The molecule has 2 heterocycles. The Hall–Kier alpha value is -1.26. The predicted molar refractivity (Wildman–Crippen MR) is 78.0 cm³/mol. The predicted octanol–water partition coefficient (Wildman–Crippen LogP) is 4.22. The van der Waals surface area contributed by atoms with Crippen molar-refractivity contribution in [1.82, 2.24) is 0 Å². The number of anilines is 1. The topological polar surface area (TPSA) is 42.2 Å². The van der Waals surface area contributed by atoms with Crippen LogP contribution in [0.3, 0.4) is 0 Å². The lowest BCUT2D eigenvalue weighted by atomic mass is 10.0. The quantitative estimate of drug-likeness (QED) is 0.832. The van der Waals surface area contributed by atoms with Crippen LogP contribution in [0.1, 0.15) is 27.3 Å². The number of rotatable bonds is 2. The van der Waals surface area contributed by atoms with E-state index in [9.17, 15) is 4.79 Å². The Balaban J connectivity index is 2.02. The molecular weight excluding hydrogens is 330 g/mol. The molecule has 0 saturated carbocycles. The normalized spacial score (nSPS) is 15.2. The highest BCUT2D eigenvalue weighted by atomic mass is 79.9. The van der Waals surface area contributed by atoms with Crippen LogP contribution in [0.2, 0.25) is 5.02 Å². The van der Waals surface area contributed by atoms with Crippen molar-refractivity contribution in [3.8, 4) is 0 Å². The number of amides is 1. The first-order chi connectivity index (χ1) is 9.04. The van der Waals surface area contributed by atoms with Crippen LogP contribution < -0.4 is 5.32 Å². The highest BCUT2D eigenvalue weighted by Crippen LogP contribution is 2.39. The van der Waals surface area contributed by atoms with E-state index in [0.717, 1.165) is 28.1 Å². The van der Waals surface area contributed by atoms with Crippen LogP contribution in [0, 0.1) is 6.92 Å². The molecular formula is C14H11BrClNO2. The van der Waals surface area contributed by atoms with E-state index >= 15 is 0 Å². The first-order valence-corrected chi connectivity index (χ1v) is 7.15. The fourth-order valence-electron chi connectivity index (χ4n) is 2.24. The Morgan fingerprint density at radius 1 is 1.42 bits per heavy atom. The zero-order valence-corrected chi connectivity index (χ0v) is 12.5. The van der Waals surface area contributed by atoms with Crippen molar-refractivity contribution in [2.75, 3.05) is 5.32 Å². The third-order valence-electron chi connectivity index (χ3n) is 3.16. The molecule has 0 bridgehead atoms. The minimum Gasteiger partial charge on any atom is -0.469 e. The van der Waals surface area contributed by atoms with E-state index in [0.29, 0.717) is 11.4 Å². The zero-order valence-electron chi connectivity index (χ0n) is 10.2. The molecule has 1 aromatic heterocycles. The lowest BCUT2D eigenvalue weighted by Gasteiger charge is -2.12. The summed E-state index contributed by atoms with van der Waals surface area (Å²) >= 11 is 9.93. The lowest BCUT2D eigenvalue weighted by Crippen LogP contribution is -2.03. The molecule has 3 rings (SSSR count). The van der Waals surface area contributed by atoms with Crippen LogP contribution in [0.4, 0.5) is 5.69 Å². The van der Waals surface area contributed by atoms with Crippen molar-refractivity contribution < 1.29 is 9.21 Å². The second-order valence-electron chi connectivity index (χ2n) is 4.61. The van der Waals surface area contributed by atoms with Gasteiger partial charge in [-0.25, -0.2) is 0 Å². The summed E-state index contributed by atoms with van der Waals surface area (Å²) in [6.07, 6.45) is 2.12. The van der Waals surface area contributed by atoms with Crippen LogP contribution in [0.5, 0.6) is 0 Å². The number of benzene rings is 1. The molecule has 1 aromatic carbocycles. The minimum atomic E-state index is -0.0431. The summed E-state index contributed by atoms with van der Waals surface area (Å²) in [5.74, 6) is 0.863. The van der Waals surface area contributed by atoms with E-state index in [1.54, 1.807) is 12.3 Å². The third-order valence-corrected chi connectivity index (χ3v) is 4.51. The van der Waals surface area contributed by atoms with Crippen LogP contribution in [0.15, 0.2) is 28.9 Å². The highest BCUT2D eigenvalue weighted by molar-refractivity contribution is 9.09. The Labute approximate surface area is 124 Å². The largest absolute Gasteiger partial charge is 0.469 e. The SMILES string of the molecule is Cc1cc(C(Br)c2cc3c(cc2Cl)NC(=O)C3)co1.